The van der Waals surface area contributed by atoms with Gasteiger partial charge in [0.1, 0.15) is 11.9 Å². The van der Waals surface area contributed by atoms with E-state index in [0.717, 1.165) is 22.8 Å². The van der Waals surface area contributed by atoms with Crippen molar-refractivity contribution in [2.24, 2.45) is 7.05 Å². The molecule has 5 heterocycles. The monoisotopic (exact) mass is 488 g/mol. The maximum atomic E-state index is 13.1. The lowest BCUT2D eigenvalue weighted by atomic mass is 10.0. The number of nitrogens with zero attached hydrogens (tertiary/aromatic N) is 7. The van der Waals surface area contributed by atoms with Gasteiger partial charge in [0.15, 0.2) is 5.69 Å². The molecule has 0 aliphatic carbocycles. The first kappa shape index (κ1) is 22.1. The van der Waals surface area contributed by atoms with E-state index in [2.05, 4.69) is 20.6 Å². The second-order valence-corrected chi connectivity index (χ2v) is 9.38. The lowest BCUT2D eigenvalue weighted by molar-refractivity contribution is -0.136. The summed E-state index contributed by atoms with van der Waals surface area (Å²) in [6, 6.07) is 4.57. The Labute approximate surface area is 205 Å². The number of amides is 4. The van der Waals surface area contributed by atoms with Crippen LogP contribution in [0.5, 0.6) is 0 Å². The summed E-state index contributed by atoms with van der Waals surface area (Å²) in [5.41, 5.74) is 4.21. The molecule has 184 valence electrons. The fourth-order valence-electron chi connectivity index (χ4n) is 5.15. The molecule has 36 heavy (non-hydrogen) atoms. The summed E-state index contributed by atoms with van der Waals surface area (Å²) in [6.45, 7) is 3.24. The number of aromatic nitrogens is 5. The Morgan fingerprint density at radius 1 is 1.14 bits per heavy atom. The van der Waals surface area contributed by atoms with E-state index < -0.39 is 11.9 Å². The van der Waals surface area contributed by atoms with Crippen molar-refractivity contribution in [1.29, 1.82) is 0 Å². The number of rotatable bonds is 3. The molecule has 1 unspecified atom stereocenters. The zero-order chi connectivity index (χ0) is 25.1. The number of carbonyl (C=O) groups is 4. The Bertz CT molecular complexity index is 1450. The SMILES string of the molecule is Cc1nc2c(n1C)CN(C(=O)c1cn(-c3ccc4c(c3)CN(C3CCC(=O)NC3=O)C4=O)nn1)CC2. The molecule has 0 spiro atoms. The molecule has 3 aromatic rings. The average molecular weight is 489 g/mol. The summed E-state index contributed by atoms with van der Waals surface area (Å²) in [7, 11) is 1.95. The van der Waals surface area contributed by atoms with Gasteiger partial charge >= 0.3 is 0 Å². The molecule has 1 saturated heterocycles. The second-order valence-electron chi connectivity index (χ2n) is 9.38. The number of carbonyl (C=O) groups excluding carboxylic acids is 4. The predicted molar refractivity (Wildman–Crippen MR) is 124 cm³/mol. The van der Waals surface area contributed by atoms with Crippen LogP contribution in [0, 0.1) is 6.92 Å². The lowest BCUT2D eigenvalue weighted by Gasteiger charge is -2.29. The van der Waals surface area contributed by atoms with E-state index in [1.54, 1.807) is 23.2 Å². The number of imidazole rings is 1. The van der Waals surface area contributed by atoms with Crippen molar-refractivity contribution >= 4 is 23.6 Å². The van der Waals surface area contributed by atoms with E-state index in [1.165, 1.54) is 9.58 Å². The highest BCUT2D eigenvalue weighted by Gasteiger charge is 2.39. The average Bonchev–Trinajstić information content (AvgIpc) is 3.55. The molecule has 1 N–H and O–H groups in total. The minimum absolute atomic E-state index is 0.203. The number of imide groups is 1. The first-order valence-corrected chi connectivity index (χ1v) is 11.8. The van der Waals surface area contributed by atoms with Crippen LogP contribution in [-0.2, 0) is 36.1 Å². The van der Waals surface area contributed by atoms with Crippen LogP contribution in [0.3, 0.4) is 0 Å². The van der Waals surface area contributed by atoms with Gasteiger partial charge in [0.05, 0.1) is 29.8 Å². The van der Waals surface area contributed by atoms with Crippen LogP contribution in [-0.4, -0.2) is 70.6 Å². The van der Waals surface area contributed by atoms with Crippen LogP contribution in [0.2, 0.25) is 0 Å². The number of piperidine rings is 1. The molecule has 0 saturated carbocycles. The van der Waals surface area contributed by atoms with E-state index in [4.69, 9.17) is 0 Å². The normalized spacial score (nSPS) is 19.4. The van der Waals surface area contributed by atoms with E-state index in [0.29, 0.717) is 37.2 Å². The van der Waals surface area contributed by atoms with Crippen molar-refractivity contribution in [1.82, 2.24) is 39.7 Å². The first-order valence-electron chi connectivity index (χ1n) is 11.8. The number of benzene rings is 1. The van der Waals surface area contributed by atoms with Crippen molar-refractivity contribution in [3.05, 3.63) is 58.4 Å². The number of fused-ring (bicyclic) bond motifs is 2. The quantitative estimate of drug-likeness (QED) is 0.523. The van der Waals surface area contributed by atoms with E-state index in [-0.39, 0.29) is 36.4 Å². The topological polar surface area (TPSA) is 135 Å². The maximum absolute atomic E-state index is 13.1. The summed E-state index contributed by atoms with van der Waals surface area (Å²) < 4.78 is 3.52. The molecule has 1 fully saturated rings. The molecule has 3 aliphatic rings. The smallest absolute Gasteiger partial charge is 0.276 e. The van der Waals surface area contributed by atoms with E-state index in [9.17, 15) is 19.2 Å². The van der Waals surface area contributed by atoms with Crippen molar-refractivity contribution in [3.63, 3.8) is 0 Å². The van der Waals surface area contributed by atoms with Crippen LogP contribution in [0.15, 0.2) is 24.4 Å². The third-order valence-corrected chi connectivity index (χ3v) is 7.25. The first-order chi connectivity index (χ1) is 17.3. The summed E-state index contributed by atoms with van der Waals surface area (Å²) >= 11 is 0. The molecule has 0 radical (unpaired) electrons. The van der Waals surface area contributed by atoms with Crippen LogP contribution < -0.4 is 5.32 Å². The van der Waals surface area contributed by atoms with Crippen molar-refractivity contribution in [2.75, 3.05) is 6.54 Å². The minimum Gasteiger partial charge on any atom is -0.334 e. The second kappa shape index (κ2) is 8.11. The van der Waals surface area contributed by atoms with Crippen LogP contribution in [0.1, 0.15) is 56.5 Å². The molecule has 2 aromatic heterocycles. The highest BCUT2D eigenvalue weighted by Crippen LogP contribution is 2.29. The van der Waals surface area contributed by atoms with Crippen LogP contribution >= 0.6 is 0 Å². The van der Waals surface area contributed by atoms with Gasteiger partial charge in [-0.15, -0.1) is 5.10 Å². The van der Waals surface area contributed by atoms with Gasteiger partial charge < -0.3 is 14.4 Å². The summed E-state index contributed by atoms with van der Waals surface area (Å²) in [4.78, 5) is 57.6. The lowest BCUT2D eigenvalue weighted by Crippen LogP contribution is -2.52. The fraction of sp³-hybridized carbons (Fsp3) is 0.375. The summed E-state index contributed by atoms with van der Waals surface area (Å²) in [5.74, 6) is -0.286. The number of aryl methyl sites for hydroxylation is 1. The Kier molecular flexibility index (Phi) is 4.99. The van der Waals surface area contributed by atoms with Gasteiger partial charge in [0, 0.05) is 38.5 Å². The summed E-state index contributed by atoms with van der Waals surface area (Å²) in [6.07, 6.45) is 2.79. The zero-order valence-electron chi connectivity index (χ0n) is 19.9. The largest absolute Gasteiger partial charge is 0.334 e. The third kappa shape index (κ3) is 3.48. The standard InChI is InChI=1S/C24H24N8O4/c1-13-25-17-7-8-30(12-20(17)29(13)2)24(36)18-11-32(28-27-18)15-3-4-16-14(9-15)10-31(23(16)35)19-5-6-21(33)26-22(19)34/h3-4,9,11,19H,5-8,10,12H2,1-2H3,(H,26,33,34). The molecule has 1 atom stereocenters. The Morgan fingerprint density at radius 2 is 1.97 bits per heavy atom. The van der Waals surface area contributed by atoms with Gasteiger partial charge in [-0.25, -0.2) is 9.67 Å². The van der Waals surface area contributed by atoms with Crippen LogP contribution in [0.4, 0.5) is 0 Å². The zero-order valence-corrected chi connectivity index (χ0v) is 19.9. The summed E-state index contributed by atoms with van der Waals surface area (Å²) in [5, 5.41) is 10.6. The van der Waals surface area contributed by atoms with Crippen molar-refractivity contribution in [2.45, 2.75) is 45.3 Å². The molecular formula is C24H24N8O4. The molecule has 3 aliphatic heterocycles. The van der Waals surface area contributed by atoms with Gasteiger partial charge in [-0.3, -0.25) is 24.5 Å². The molecule has 0 bridgehead atoms. The Hall–Kier alpha value is -4.35. The van der Waals surface area contributed by atoms with Crippen LogP contribution in [0.25, 0.3) is 5.69 Å². The molecule has 12 nitrogen and oxygen atoms in total. The maximum Gasteiger partial charge on any atom is 0.276 e. The fourth-order valence-corrected chi connectivity index (χ4v) is 5.15. The molecule has 4 amide bonds. The van der Waals surface area contributed by atoms with Gasteiger partial charge in [-0.2, -0.15) is 0 Å². The number of nitrogens with one attached hydrogen (secondary N) is 1. The van der Waals surface area contributed by atoms with Gasteiger partial charge in [-0.1, -0.05) is 5.21 Å². The van der Waals surface area contributed by atoms with Crippen molar-refractivity contribution < 1.29 is 19.2 Å². The molecular weight excluding hydrogens is 464 g/mol. The molecule has 12 heteroatoms. The third-order valence-electron chi connectivity index (χ3n) is 7.25. The highest BCUT2D eigenvalue weighted by atomic mass is 16.2. The Balaban J connectivity index is 1.20. The molecule has 6 rings (SSSR count). The number of hydrogen-bond donors (Lipinski definition) is 1. The van der Waals surface area contributed by atoms with E-state index in [1.807, 2.05) is 24.6 Å². The highest BCUT2D eigenvalue weighted by molar-refractivity contribution is 6.05. The predicted octanol–water partition coefficient (Wildman–Crippen LogP) is 0.269. The minimum atomic E-state index is -0.671. The van der Waals surface area contributed by atoms with Gasteiger partial charge in [0.2, 0.25) is 11.8 Å². The van der Waals surface area contributed by atoms with Gasteiger partial charge in [-0.05, 0) is 37.1 Å². The Morgan fingerprint density at radius 3 is 2.78 bits per heavy atom. The molecule has 1 aromatic carbocycles. The number of hydrogen-bond acceptors (Lipinski definition) is 7. The van der Waals surface area contributed by atoms with Gasteiger partial charge in [0.25, 0.3) is 11.8 Å². The van der Waals surface area contributed by atoms with E-state index >= 15 is 0 Å². The van der Waals surface area contributed by atoms with Crippen molar-refractivity contribution in [3.8, 4) is 5.69 Å².